The zero-order valence-electron chi connectivity index (χ0n) is 9.01. The number of carboxylic acids is 1. The van der Waals surface area contributed by atoms with Gasteiger partial charge < -0.3 is 5.11 Å². The molecule has 0 aliphatic rings. The molecule has 0 spiro atoms. The Morgan fingerprint density at radius 1 is 1.41 bits per heavy atom. The maximum Gasteiger partial charge on any atom is 0.353 e. The molecule has 0 saturated heterocycles. The molecule has 6 heteroatoms. The zero-order chi connectivity index (χ0) is 12.4. The maximum atomic E-state index is 11.6. The zero-order valence-corrected chi connectivity index (χ0v) is 9.82. The summed E-state index contributed by atoms with van der Waals surface area (Å²) in [4.78, 5) is 23.3. The fraction of sp³-hybridized carbons (Fsp3) is 0.0909. The van der Waals surface area contributed by atoms with Gasteiger partial charge in [-0.05, 0) is 24.5 Å². The molecule has 17 heavy (non-hydrogen) atoms. The molecule has 0 bridgehead atoms. The number of aromatic amines is 1. The van der Waals surface area contributed by atoms with E-state index in [-0.39, 0.29) is 11.3 Å². The van der Waals surface area contributed by atoms with Crippen molar-refractivity contribution >= 4 is 17.7 Å². The van der Waals surface area contributed by atoms with Crippen molar-refractivity contribution in [3.05, 3.63) is 46.4 Å². The Morgan fingerprint density at radius 3 is 2.76 bits per heavy atom. The summed E-state index contributed by atoms with van der Waals surface area (Å²) in [5, 5.41) is 11.3. The van der Waals surface area contributed by atoms with Crippen LogP contribution in [0.2, 0.25) is 0 Å². The molecule has 1 aromatic heterocycles. The van der Waals surface area contributed by atoms with Gasteiger partial charge in [0.15, 0.2) is 0 Å². The number of H-pyrrole nitrogens is 1. The van der Waals surface area contributed by atoms with Gasteiger partial charge in [-0.1, -0.05) is 6.07 Å². The van der Waals surface area contributed by atoms with Crippen LogP contribution in [0.1, 0.15) is 10.5 Å². The van der Waals surface area contributed by atoms with E-state index in [1.807, 2.05) is 24.5 Å². The van der Waals surface area contributed by atoms with E-state index < -0.39 is 5.97 Å². The Balaban J connectivity index is 2.52. The molecular weight excluding hydrogens is 240 g/mol. The first-order valence-corrected chi connectivity index (χ1v) is 6.04. The number of thioether (sulfide) groups is 1. The smallest absolute Gasteiger partial charge is 0.353 e. The number of aromatic nitrogens is 2. The lowest BCUT2D eigenvalue weighted by atomic mass is 10.3. The summed E-state index contributed by atoms with van der Waals surface area (Å²) in [7, 11) is 0. The number of nitrogens with one attached hydrogen (secondary N) is 1. The van der Waals surface area contributed by atoms with Gasteiger partial charge in [-0.3, -0.25) is 9.89 Å². The normalized spacial score (nSPS) is 10.4. The largest absolute Gasteiger partial charge is 0.477 e. The highest BCUT2D eigenvalue weighted by Crippen LogP contribution is 2.17. The average molecular weight is 250 g/mol. The van der Waals surface area contributed by atoms with Crippen molar-refractivity contribution in [1.82, 2.24) is 9.78 Å². The number of rotatable bonds is 3. The van der Waals surface area contributed by atoms with Gasteiger partial charge in [0, 0.05) is 11.0 Å². The number of aromatic carboxylic acids is 1. The quantitative estimate of drug-likeness (QED) is 0.811. The molecule has 0 atom stereocenters. The third kappa shape index (κ3) is 2.26. The van der Waals surface area contributed by atoms with Gasteiger partial charge in [0.1, 0.15) is 5.69 Å². The van der Waals surface area contributed by atoms with Gasteiger partial charge >= 0.3 is 5.97 Å². The lowest BCUT2D eigenvalue weighted by Gasteiger charge is -2.03. The molecular formula is C11H10N2O3S. The van der Waals surface area contributed by atoms with E-state index in [1.54, 1.807) is 17.8 Å². The lowest BCUT2D eigenvalue weighted by molar-refractivity contribution is 0.0690. The van der Waals surface area contributed by atoms with Gasteiger partial charge in [-0.15, -0.1) is 11.8 Å². The Hall–Kier alpha value is -1.95. The predicted octanol–water partition coefficient (Wildman–Crippen LogP) is 1.59. The average Bonchev–Trinajstić information content (AvgIpc) is 2.72. The van der Waals surface area contributed by atoms with E-state index in [0.29, 0.717) is 5.69 Å². The first-order chi connectivity index (χ1) is 8.11. The summed E-state index contributed by atoms with van der Waals surface area (Å²) in [6.07, 6.45) is 1.93. The molecule has 2 N–H and O–H groups in total. The molecule has 2 rings (SSSR count). The summed E-state index contributed by atoms with van der Waals surface area (Å²) in [6, 6.07) is 8.35. The third-order valence-electron chi connectivity index (χ3n) is 2.26. The summed E-state index contributed by atoms with van der Waals surface area (Å²) < 4.78 is 1.21. The van der Waals surface area contributed by atoms with Crippen molar-refractivity contribution in [3.63, 3.8) is 0 Å². The molecule has 0 unspecified atom stereocenters. The first-order valence-electron chi connectivity index (χ1n) is 4.81. The summed E-state index contributed by atoms with van der Waals surface area (Å²) in [5.41, 5.74) is 0.111. The minimum Gasteiger partial charge on any atom is -0.477 e. The van der Waals surface area contributed by atoms with E-state index in [4.69, 9.17) is 5.11 Å². The topological polar surface area (TPSA) is 75.1 Å². The number of benzene rings is 1. The van der Waals surface area contributed by atoms with Crippen molar-refractivity contribution in [2.45, 2.75) is 4.90 Å². The van der Waals surface area contributed by atoms with Crippen LogP contribution in [0.25, 0.3) is 5.69 Å². The monoisotopic (exact) mass is 250 g/mol. The number of hydrogen-bond acceptors (Lipinski definition) is 3. The van der Waals surface area contributed by atoms with Crippen molar-refractivity contribution in [3.8, 4) is 5.69 Å². The first kappa shape index (κ1) is 11.5. The number of carbonyl (C=O) groups is 1. The van der Waals surface area contributed by atoms with Crippen LogP contribution in [0.5, 0.6) is 0 Å². The molecule has 0 amide bonds. The fourth-order valence-corrected chi connectivity index (χ4v) is 1.90. The van der Waals surface area contributed by atoms with Crippen LogP contribution in [0.15, 0.2) is 40.0 Å². The minimum absolute atomic E-state index is 0.121. The number of hydrogen-bond donors (Lipinski definition) is 2. The molecule has 2 aromatic rings. The lowest BCUT2D eigenvalue weighted by Crippen LogP contribution is -2.13. The molecule has 0 fully saturated rings. The number of nitrogens with zero attached hydrogens (tertiary/aromatic N) is 1. The molecule has 1 aromatic carbocycles. The minimum atomic E-state index is -1.15. The van der Waals surface area contributed by atoms with Crippen LogP contribution in [0, 0.1) is 0 Å². The van der Waals surface area contributed by atoms with Crippen molar-refractivity contribution < 1.29 is 9.90 Å². The van der Waals surface area contributed by atoms with E-state index in [0.717, 1.165) is 11.0 Å². The van der Waals surface area contributed by atoms with Crippen LogP contribution >= 0.6 is 11.8 Å². The number of carboxylic acid groups (broad SMARTS) is 1. The van der Waals surface area contributed by atoms with E-state index in [1.165, 1.54) is 4.68 Å². The van der Waals surface area contributed by atoms with Crippen LogP contribution in [-0.2, 0) is 0 Å². The molecule has 0 aliphatic heterocycles. The molecule has 88 valence electrons. The summed E-state index contributed by atoms with van der Waals surface area (Å²) in [6.45, 7) is 0. The standard InChI is InChI=1S/C11H10N2O3S/c1-17-8-4-2-3-7(5-8)13-10(14)6-9(12-13)11(15)16/h2-6,12H,1H3,(H,15,16). The van der Waals surface area contributed by atoms with Gasteiger partial charge in [0.2, 0.25) is 0 Å². The molecule has 1 heterocycles. The van der Waals surface area contributed by atoms with Crippen LogP contribution in [-0.4, -0.2) is 27.1 Å². The summed E-state index contributed by atoms with van der Waals surface area (Å²) in [5.74, 6) is -1.15. The molecule has 0 radical (unpaired) electrons. The van der Waals surface area contributed by atoms with Crippen LogP contribution in [0.3, 0.4) is 0 Å². The van der Waals surface area contributed by atoms with Crippen LogP contribution < -0.4 is 5.56 Å². The Kier molecular flexibility index (Phi) is 3.06. The summed E-state index contributed by atoms with van der Waals surface area (Å²) >= 11 is 1.55. The van der Waals surface area contributed by atoms with Crippen molar-refractivity contribution in [1.29, 1.82) is 0 Å². The molecule has 0 aliphatic carbocycles. The third-order valence-corrected chi connectivity index (χ3v) is 2.99. The fourth-order valence-electron chi connectivity index (χ4n) is 1.45. The van der Waals surface area contributed by atoms with E-state index >= 15 is 0 Å². The highest BCUT2D eigenvalue weighted by atomic mass is 32.2. The second-order valence-electron chi connectivity index (χ2n) is 3.35. The Labute approximate surface area is 101 Å². The Bertz CT molecular complexity index is 615. The highest BCUT2D eigenvalue weighted by Gasteiger charge is 2.10. The van der Waals surface area contributed by atoms with Gasteiger partial charge in [-0.25, -0.2) is 9.48 Å². The van der Waals surface area contributed by atoms with E-state index in [2.05, 4.69) is 5.10 Å². The second kappa shape index (κ2) is 4.50. The van der Waals surface area contributed by atoms with Gasteiger partial charge in [0.05, 0.1) is 5.69 Å². The Morgan fingerprint density at radius 2 is 2.18 bits per heavy atom. The predicted molar refractivity (Wildman–Crippen MR) is 65.1 cm³/mol. The highest BCUT2D eigenvalue weighted by molar-refractivity contribution is 7.98. The van der Waals surface area contributed by atoms with Crippen molar-refractivity contribution in [2.75, 3.05) is 6.26 Å². The van der Waals surface area contributed by atoms with E-state index in [9.17, 15) is 9.59 Å². The van der Waals surface area contributed by atoms with Crippen molar-refractivity contribution in [2.24, 2.45) is 0 Å². The SMILES string of the molecule is CSc1cccc(-n2[nH]c(C(=O)O)cc2=O)c1. The van der Waals surface area contributed by atoms with Crippen LogP contribution in [0.4, 0.5) is 0 Å². The molecule has 5 nitrogen and oxygen atoms in total. The maximum absolute atomic E-state index is 11.6. The molecule has 0 saturated carbocycles. The second-order valence-corrected chi connectivity index (χ2v) is 4.23. The van der Waals surface area contributed by atoms with Gasteiger partial charge in [0.25, 0.3) is 5.56 Å². The van der Waals surface area contributed by atoms with Gasteiger partial charge in [-0.2, -0.15) is 0 Å².